The molecule has 0 atom stereocenters. The van der Waals surface area contributed by atoms with Gasteiger partial charge in [-0.25, -0.2) is 9.59 Å². The molecule has 0 bridgehead atoms. The maximum absolute atomic E-state index is 12.0. The van der Waals surface area contributed by atoms with Crippen molar-refractivity contribution >= 4 is 23.6 Å². The number of aromatic nitrogens is 2. The van der Waals surface area contributed by atoms with Crippen LogP contribution in [0.1, 0.15) is 26.4 Å². The van der Waals surface area contributed by atoms with Crippen molar-refractivity contribution in [1.29, 1.82) is 0 Å². The van der Waals surface area contributed by atoms with Crippen molar-refractivity contribution in [3.8, 4) is 22.5 Å². The quantitative estimate of drug-likeness (QED) is 0.233. The van der Waals surface area contributed by atoms with E-state index >= 15 is 0 Å². The second-order valence-corrected chi connectivity index (χ2v) is 7.82. The Bertz CT molecular complexity index is 1380. The van der Waals surface area contributed by atoms with E-state index in [0.717, 1.165) is 34.6 Å². The van der Waals surface area contributed by atoms with E-state index in [1.165, 1.54) is 0 Å². The van der Waals surface area contributed by atoms with Crippen LogP contribution < -0.4 is 11.1 Å². The molecule has 0 radical (unpaired) electrons. The van der Waals surface area contributed by atoms with Gasteiger partial charge in [-0.2, -0.15) is 26.3 Å². The molecule has 0 unspecified atom stereocenters. The van der Waals surface area contributed by atoms with Crippen molar-refractivity contribution in [2.45, 2.75) is 18.8 Å². The van der Waals surface area contributed by atoms with Crippen LogP contribution in [0.2, 0.25) is 0 Å². The van der Waals surface area contributed by atoms with Crippen molar-refractivity contribution < 1.29 is 55.7 Å². The SMILES string of the molecule is NCC(=O)c1cccc(-c2cc(-c3cc4c([nH]3)CCNC4=O)ccn2)c1.O=C(O)C(F)(F)F.O=C(O)C(F)(F)F. The molecule has 6 N–H and O–H groups in total. The second-order valence-electron chi connectivity index (χ2n) is 7.82. The fraction of sp³-hybridized carbons (Fsp3) is 0.208. The maximum atomic E-state index is 12.0. The van der Waals surface area contributed by atoms with Gasteiger partial charge in [0.2, 0.25) is 0 Å². The Balaban J connectivity index is 0.000000333. The highest BCUT2D eigenvalue weighted by Crippen LogP contribution is 2.27. The largest absolute Gasteiger partial charge is 0.490 e. The minimum absolute atomic E-state index is 0.0208. The third-order valence-corrected chi connectivity index (χ3v) is 5.03. The van der Waals surface area contributed by atoms with Crippen LogP contribution in [-0.2, 0) is 16.0 Å². The number of Topliss-reactive ketones (excluding diaryl/α,β-unsaturated/α-hetero) is 1. The van der Waals surface area contributed by atoms with E-state index in [1.807, 2.05) is 30.3 Å². The van der Waals surface area contributed by atoms with Crippen LogP contribution in [0.4, 0.5) is 26.3 Å². The van der Waals surface area contributed by atoms with E-state index in [-0.39, 0.29) is 18.2 Å². The Kier molecular flexibility index (Phi) is 10.1. The normalized spacial score (nSPS) is 12.5. The van der Waals surface area contributed by atoms with Gasteiger partial charge >= 0.3 is 24.3 Å². The number of fused-ring (bicyclic) bond motifs is 1. The molecular weight excluding hydrogens is 554 g/mol. The number of ketones is 1. The summed E-state index contributed by atoms with van der Waals surface area (Å²) in [6.45, 7) is 0.627. The van der Waals surface area contributed by atoms with Gasteiger partial charge in [-0.1, -0.05) is 18.2 Å². The number of carboxylic acids is 2. The summed E-state index contributed by atoms with van der Waals surface area (Å²) >= 11 is 0. The molecule has 0 aliphatic carbocycles. The van der Waals surface area contributed by atoms with Gasteiger partial charge in [-0.3, -0.25) is 14.6 Å². The lowest BCUT2D eigenvalue weighted by Gasteiger charge is -2.11. The molecule has 16 heteroatoms. The van der Waals surface area contributed by atoms with Gasteiger partial charge in [0.05, 0.1) is 17.8 Å². The number of pyridine rings is 1. The van der Waals surface area contributed by atoms with Crippen LogP contribution in [0.25, 0.3) is 22.5 Å². The van der Waals surface area contributed by atoms with E-state index in [0.29, 0.717) is 17.7 Å². The first kappa shape index (κ1) is 31.5. The highest BCUT2D eigenvalue weighted by Gasteiger charge is 2.38. The predicted octanol–water partition coefficient (Wildman–Crippen LogP) is 3.44. The molecular formula is C24H20F6N4O6. The van der Waals surface area contributed by atoms with Crippen LogP contribution in [0, 0.1) is 0 Å². The fourth-order valence-electron chi connectivity index (χ4n) is 3.17. The molecule has 0 saturated heterocycles. The van der Waals surface area contributed by atoms with Crippen molar-refractivity contribution in [3.05, 3.63) is 65.5 Å². The number of aliphatic carboxylic acids is 2. The fourth-order valence-corrected chi connectivity index (χ4v) is 3.17. The molecule has 214 valence electrons. The minimum Gasteiger partial charge on any atom is -0.475 e. The number of amides is 1. The molecule has 2 aromatic heterocycles. The zero-order valence-corrected chi connectivity index (χ0v) is 20.1. The lowest BCUT2D eigenvalue weighted by Crippen LogP contribution is -2.31. The summed E-state index contributed by atoms with van der Waals surface area (Å²) in [4.78, 5) is 49.4. The average Bonchev–Trinajstić information content (AvgIpc) is 3.34. The molecule has 10 nitrogen and oxygen atoms in total. The van der Waals surface area contributed by atoms with Gasteiger partial charge in [0.15, 0.2) is 5.78 Å². The summed E-state index contributed by atoms with van der Waals surface area (Å²) in [7, 11) is 0. The highest BCUT2D eigenvalue weighted by molar-refractivity contribution is 5.99. The maximum Gasteiger partial charge on any atom is 0.490 e. The number of halogens is 6. The molecule has 1 aromatic carbocycles. The number of benzene rings is 1. The molecule has 1 amide bonds. The number of aromatic amines is 1. The summed E-state index contributed by atoms with van der Waals surface area (Å²) < 4.78 is 63.5. The average molecular weight is 574 g/mol. The first-order valence-electron chi connectivity index (χ1n) is 10.9. The number of H-pyrrole nitrogens is 1. The number of nitrogens with two attached hydrogens (primary N) is 1. The van der Waals surface area contributed by atoms with E-state index in [1.54, 1.807) is 18.3 Å². The molecule has 0 spiro atoms. The molecule has 0 saturated carbocycles. The molecule has 1 aliphatic heterocycles. The van der Waals surface area contributed by atoms with Crippen LogP contribution in [0.3, 0.4) is 0 Å². The monoisotopic (exact) mass is 574 g/mol. The number of hydrogen-bond acceptors (Lipinski definition) is 6. The second kappa shape index (κ2) is 12.9. The third-order valence-electron chi connectivity index (χ3n) is 5.03. The number of hydrogen-bond donors (Lipinski definition) is 5. The van der Waals surface area contributed by atoms with Gasteiger partial charge < -0.3 is 26.2 Å². The Hall–Kier alpha value is -4.73. The number of nitrogens with zero attached hydrogens (tertiary/aromatic N) is 1. The summed E-state index contributed by atoms with van der Waals surface area (Å²) in [5, 5.41) is 17.1. The lowest BCUT2D eigenvalue weighted by atomic mass is 10.0. The summed E-state index contributed by atoms with van der Waals surface area (Å²) in [5.74, 6) is -5.66. The van der Waals surface area contributed by atoms with E-state index in [9.17, 15) is 35.9 Å². The number of carbonyl (C=O) groups is 4. The molecule has 3 aromatic rings. The van der Waals surface area contributed by atoms with Gasteiger partial charge in [-0.15, -0.1) is 0 Å². The van der Waals surface area contributed by atoms with Gasteiger partial charge in [0, 0.05) is 47.2 Å². The molecule has 0 fully saturated rings. The van der Waals surface area contributed by atoms with Crippen molar-refractivity contribution in [2.75, 3.05) is 13.1 Å². The minimum atomic E-state index is -5.08. The Morgan fingerprint density at radius 3 is 2.05 bits per heavy atom. The lowest BCUT2D eigenvalue weighted by molar-refractivity contribution is -0.193. The molecule has 40 heavy (non-hydrogen) atoms. The number of nitrogens with one attached hydrogen (secondary N) is 2. The molecule has 4 rings (SSSR count). The van der Waals surface area contributed by atoms with Gasteiger partial charge in [0.25, 0.3) is 5.91 Å². The van der Waals surface area contributed by atoms with E-state index in [2.05, 4.69) is 15.3 Å². The molecule has 3 heterocycles. The number of carboxylic acid groups (broad SMARTS) is 2. The topological polar surface area (TPSA) is 175 Å². The first-order chi connectivity index (χ1) is 18.5. The Labute approximate surface area is 220 Å². The third kappa shape index (κ3) is 8.65. The van der Waals surface area contributed by atoms with E-state index in [4.69, 9.17) is 25.5 Å². The summed E-state index contributed by atoms with van der Waals surface area (Å²) in [5.41, 5.74) is 11.1. The predicted molar refractivity (Wildman–Crippen MR) is 126 cm³/mol. The van der Waals surface area contributed by atoms with Gasteiger partial charge in [0.1, 0.15) is 0 Å². The molecule has 1 aliphatic rings. The van der Waals surface area contributed by atoms with Crippen LogP contribution in [0.5, 0.6) is 0 Å². The standard InChI is InChI=1S/C20H18N4O2.2C2HF3O2/c21-11-19(25)14-3-1-2-12(8-14)17-9-13(4-6-22-17)18-10-15-16(24-18)5-7-23-20(15)26;2*3-2(4,5)1(6)7/h1-4,6,8-10,24H,5,7,11,21H2,(H,23,26);2*(H,6,7). The van der Waals surface area contributed by atoms with Gasteiger partial charge in [-0.05, 0) is 24.3 Å². The van der Waals surface area contributed by atoms with Crippen molar-refractivity contribution in [2.24, 2.45) is 5.73 Å². The highest BCUT2D eigenvalue weighted by atomic mass is 19.4. The van der Waals surface area contributed by atoms with E-state index < -0.39 is 24.3 Å². The van der Waals surface area contributed by atoms with Crippen LogP contribution >= 0.6 is 0 Å². The first-order valence-corrected chi connectivity index (χ1v) is 10.9. The van der Waals surface area contributed by atoms with Crippen LogP contribution in [0.15, 0.2) is 48.7 Å². The van der Waals surface area contributed by atoms with Crippen LogP contribution in [-0.4, -0.2) is 69.3 Å². The zero-order chi connectivity index (χ0) is 30.3. The summed E-state index contributed by atoms with van der Waals surface area (Å²) in [6.07, 6.45) is -7.65. The number of carbonyl (C=O) groups excluding carboxylic acids is 2. The smallest absolute Gasteiger partial charge is 0.475 e. The zero-order valence-electron chi connectivity index (χ0n) is 20.1. The van der Waals surface area contributed by atoms with Crippen molar-refractivity contribution in [3.63, 3.8) is 0 Å². The Morgan fingerprint density at radius 2 is 1.52 bits per heavy atom. The summed E-state index contributed by atoms with van der Waals surface area (Å²) in [6, 6.07) is 13.0. The Morgan fingerprint density at radius 1 is 0.925 bits per heavy atom. The number of rotatable bonds is 4. The van der Waals surface area contributed by atoms with Crippen molar-refractivity contribution in [1.82, 2.24) is 15.3 Å². The number of alkyl halides is 6.